The highest BCUT2D eigenvalue weighted by atomic mass is 16.6. The normalized spacial score (nSPS) is 19.3. The van der Waals surface area contributed by atoms with Crippen molar-refractivity contribution < 1.29 is 18.7 Å². The van der Waals surface area contributed by atoms with Gasteiger partial charge >= 0.3 is 6.09 Å². The highest BCUT2D eigenvalue weighted by Gasteiger charge is 2.33. The highest BCUT2D eigenvalue weighted by Crippen LogP contribution is 2.34. The molecule has 0 bridgehead atoms. The topological polar surface area (TPSA) is 80.6 Å². The minimum atomic E-state index is -0.569. The molecule has 1 atom stereocenters. The van der Waals surface area contributed by atoms with Crippen molar-refractivity contribution in [2.24, 2.45) is 5.92 Å². The molecule has 0 spiro atoms. The summed E-state index contributed by atoms with van der Waals surface area (Å²) >= 11 is 0. The van der Waals surface area contributed by atoms with E-state index in [0.717, 1.165) is 17.7 Å². The van der Waals surface area contributed by atoms with Gasteiger partial charge in [-0.25, -0.2) is 4.79 Å². The summed E-state index contributed by atoms with van der Waals surface area (Å²) in [5, 5.41) is 5.65. The molecule has 30 heavy (non-hydrogen) atoms. The first kappa shape index (κ1) is 19.8. The van der Waals surface area contributed by atoms with Crippen molar-refractivity contribution in [2.45, 2.75) is 32.8 Å². The number of furan rings is 1. The van der Waals surface area contributed by atoms with Gasteiger partial charge in [-0.2, -0.15) is 0 Å². The summed E-state index contributed by atoms with van der Waals surface area (Å²) in [5.41, 5.74) is 2.48. The van der Waals surface area contributed by atoms with Crippen LogP contribution in [0.15, 0.2) is 70.3 Å². The van der Waals surface area contributed by atoms with Gasteiger partial charge in [0.25, 0.3) is 5.91 Å². The largest absolute Gasteiger partial charge is 0.457 e. The Morgan fingerprint density at radius 1 is 1.27 bits per heavy atom. The standard InChI is InChI=1S/C24H24N2O4/c1-24(2,3)30-23(28)25-16-8-6-7-15(13-16)21-12-11-17(29-21)14-19-18-9-4-5-10-20(18)26-22(19)27/h4-8,10-14,18H,9H2,1-3H3,(H,25,28)(H,26,27)/b19-14+. The zero-order valence-corrected chi connectivity index (χ0v) is 17.2. The van der Waals surface area contributed by atoms with Crippen molar-refractivity contribution in [3.63, 3.8) is 0 Å². The van der Waals surface area contributed by atoms with Crippen LogP contribution in [0, 0.1) is 5.92 Å². The van der Waals surface area contributed by atoms with Crippen LogP contribution in [0.5, 0.6) is 0 Å². The van der Waals surface area contributed by atoms with E-state index < -0.39 is 11.7 Å². The number of anilines is 1. The number of rotatable bonds is 3. The molecule has 2 heterocycles. The molecule has 1 aliphatic carbocycles. The Kier molecular flexibility index (Phi) is 5.08. The molecular formula is C24H24N2O4. The number of allylic oxidation sites excluding steroid dienone is 4. The molecule has 2 N–H and O–H groups in total. The van der Waals surface area contributed by atoms with E-state index in [2.05, 4.69) is 16.7 Å². The van der Waals surface area contributed by atoms with Crippen molar-refractivity contribution >= 4 is 23.8 Å². The number of carbonyl (C=O) groups excluding carboxylic acids is 2. The molecule has 6 nitrogen and oxygen atoms in total. The molecule has 4 rings (SSSR count). The number of amides is 2. The van der Waals surface area contributed by atoms with E-state index in [1.165, 1.54) is 0 Å². The van der Waals surface area contributed by atoms with Crippen LogP contribution in [0.4, 0.5) is 10.5 Å². The second-order valence-corrected chi connectivity index (χ2v) is 8.30. The molecule has 0 radical (unpaired) electrons. The first-order valence-electron chi connectivity index (χ1n) is 9.88. The Bertz CT molecular complexity index is 1080. The van der Waals surface area contributed by atoms with Gasteiger partial charge in [-0.1, -0.05) is 24.3 Å². The second kappa shape index (κ2) is 7.71. The Labute approximate surface area is 175 Å². The van der Waals surface area contributed by atoms with Gasteiger partial charge in [0, 0.05) is 28.4 Å². The third kappa shape index (κ3) is 4.38. The van der Waals surface area contributed by atoms with E-state index in [-0.39, 0.29) is 11.8 Å². The zero-order valence-electron chi connectivity index (χ0n) is 17.2. The van der Waals surface area contributed by atoms with Gasteiger partial charge in [0.1, 0.15) is 17.1 Å². The molecule has 2 aromatic rings. The average molecular weight is 404 g/mol. The maximum absolute atomic E-state index is 12.3. The Hall–Kier alpha value is -3.54. The van der Waals surface area contributed by atoms with Gasteiger partial charge in [-0.15, -0.1) is 0 Å². The molecule has 2 amide bonds. The summed E-state index contributed by atoms with van der Waals surface area (Å²) < 4.78 is 11.3. The maximum atomic E-state index is 12.3. The summed E-state index contributed by atoms with van der Waals surface area (Å²) in [7, 11) is 0. The molecule has 2 aliphatic rings. The number of benzene rings is 1. The lowest BCUT2D eigenvalue weighted by molar-refractivity contribution is -0.115. The fourth-order valence-electron chi connectivity index (χ4n) is 3.49. The number of ether oxygens (including phenoxy) is 1. The lowest BCUT2D eigenvalue weighted by Crippen LogP contribution is -2.27. The fraction of sp³-hybridized carbons (Fsp3) is 0.250. The van der Waals surface area contributed by atoms with Crippen LogP contribution in [-0.4, -0.2) is 17.6 Å². The zero-order chi connectivity index (χ0) is 21.3. The van der Waals surface area contributed by atoms with Crippen LogP contribution < -0.4 is 10.6 Å². The fourth-order valence-corrected chi connectivity index (χ4v) is 3.49. The number of carbonyl (C=O) groups is 2. The quantitative estimate of drug-likeness (QED) is 0.683. The smallest absolute Gasteiger partial charge is 0.412 e. The molecule has 1 unspecified atom stereocenters. The van der Waals surface area contributed by atoms with E-state index in [9.17, 15) is 9.59 Å². The molecule has 0 saturated carbocycles. The van der Waals surface area contributed by atoms with Crippen molar-refractivity contribution in [2.75, 3.05) is 5.32 Å². The number of hydrogen-bond donors (Lipinski definition) is 2. The van der Waals surface area contributed by atoms with Gasteiger partial charge in [-0.3, -0.25) is 10.1 Å². The van der Waals surface area contributed by atoms with Crippen LogP contribution in [0.3, 0.4) is 0 Å². The average Bonchev–Trinajstić information content (AvgIpc) is 3.26. The van der Waals surface area contributed by atoms with E-state index in [1.807, 2.05) is 63.3 Å². The van der Waals surface area contributed by atoms with E-state index >= 15 is 0 Å². The molecular weight excluding hydrogens is 380 g/mol. The summed E-state index contributed by atoms with van der Waals surface area (Å²) in [6.45, 7) is 5.44. The van der Waals surface area contributed by atoms with Crippen LogP contribution in [-0.2, 0) is 9.53 Å². The van der Waals surface area contributed by atoms with Crippen molar-refractivity contribution in [3.8, 4) is 11.3 Å². The Balaban J connectivity index is 1.52. The van der Waals surface area contributed by atoms with E-state index in [4.69, 9.17) is 9.15 Å². The minimum absolute atomic E-state index is 0.0532. The van der Waals surface area contributed by atoms with E-state index in [0.29, 0.717) is 22.8 Å². The predicted octanol–water partition coefficient (Wildman–Crippen LogP) is 5.27. The molecule has 1 aliphatic heterocycles. The maximum Gasteiger partial charge on any atom is 0.412 e. The molecule has 1 saturated heterocycles. The number of hydrogen-bond acceptors (Lipinski definition) is 4. The lowest BCUT2D eigenvalue weighted by atomic mass is 9.92. The summed E-state index contributed by atoms with van der Waals surface area (Å²) in [6, 6.07) is 11.0. The first-order valence-corrected chi connectivity index (χ1v) is 9.88. The molecule has 6 heteroatoms. The van der Waals surface area contributed by atoms with Crippen molar-refractivity contribution in [3.05, 3.63) is 71.7 Å². The predicted molar refractivity (Wildman–Crippen MR) is 115 cm³/mol. The third-order valence-electron chi connectivity index (χ3n) is 4.77. The number of fused-ring (bicyclic) bond motifs is 1. The molecule has 154 valence electrons. The summed E-state index contributed by atoms with van der Waals surface area (Å²) in [4.78, 5) is 24.3. The van der Waals surface area contributed by atoms with Gasteiger partial charge in [-0.05, 0) is 63.6 Å². The van der Waals surface area contributed by atoms with Gasteiger partial charge in [0.05, 0.1) is 0 Å². The minimum Gasteiger partial charge on any atom is -0.457 e. The van der Waals surface area contributed by atoms with Crippen LogP contribution in [0.1, 0.15) is 33.0 Å². The van der Waals surface area contributed by atoms with Gasteiger partial charge in [0.15, 0.2) is 0 Å². The van der Waals surface area contributed by atoms with Crippen molar-refractivity contribution in [1.82, 2.24) is 5.32 Å². The lowest BCUT2D eigenvalue weighted by Gasteiger charge is -2.19. The van der Waals surface area contributed by atoms with Crippen LogP contribution in [0.25, 0.3) is 17.4 Å². The number of nitrogens with one attached hydrogen (secondary N) is 2. The Morgan fingerprint density at radius 3 is 2.90 bits per heavy atom. The second-order valence-electron chi connectivity index (χ2n) is 8.30. The van der Waals surface area contributed by atoms with Crippen molar-refractivity contribution in [1.29, 1.82) is 0 Å². The molecule has 1 aromatic carbocycles. The summed E-state index contributed by atoms with van der Waals surface area (Å²) in [5.74, 6) is 1.22. The third-order valence-corrected chi connectivity index (χ3v) is 4.77. The molecule has 1 aromatic heterocycles. The van der Waals surface area contributed by atoms with Crippen LogP contribution in [0.2, 0.25) is 0 Å². The molecule has 1 fully saturated rings. The highest BCUT2D eigenvalue weighted by molar-refractivity contribution is 6.03. The first-order chi connectivity index (χ1) is 14.3. The van der Waals surface area contributed by atoms with Crippen LogP contribution >= 0.6 is 0 Å². The Morgan fingerprint density at radius 2 is 2.10 bits per heavy atom. The summed E-state index contributed by atoms with van der Waals surface area (Å²) in [6.07, 6.45) is 8.03. The SMILES string of the molecule is CC(C)(C)OC(=O)Nc1cccc(-c2ccc(/C=C3/C(=O)NC4=CC=CCC43)o2)c1. The van der Waals surface area contributed by atoms with Gasteiger partial charge in [0.2, 0.25) is 0 Å². The monoisotopic (exact) mass is 404 g/mol. The van der Waals surface area contributed by atoms with E-state index in [1.54, 1.807) is 12.1 Å². The van der Waals surface area contributed by atoms with Gasteiger partial charge < -0.3 is 14.5 Å².